The smallest absolute Gasteiger partial charge is 0.246 e. The second-order valence-electron chi connectivity index (χ2n) is 5.70. The molecular weight excluding hydrogens is 264 g/mol. The summed E-state index contributed by atoms with van der Waals surface area (Å²) in [4.78, 5) is 26.6. The van der Waals surface area contributed by atoms with Gasteiger partial charge in [0.05, 0.1) is 0 Å². The molecule has 1 N–H and O–H groups in total. The van der Waals surface area contributed by atoms with E-state index in [0.717, 1.165) is 5.57 Å². The summed E-state index contributed by atoms with van der Waals surface area (Å²) in [5.41, 5.74) is 1.52. The van der Waals surface area contributed by atoms with Crippen molar-refractivity contribution in [3.8, 4) is 0 Å². The van der Waals surface area contributed by atoms with Crippen LogP contribution in [0, 0.1) is 5.92 Å². The molecule has 0 bridgehead atoms. The maximum absolute atomic E-state index is 12.6. The zero-order valence-corrected chi connectivity index (χ0v) is 13.0. The van der Waals surface area contributed by atoms with E-state index >= 15 is 0 Å². The highest BCUT2D eigenvalue weighted by Gasteiger charge is 2.48. The van der Waals surface area contributed by atoms with Crippen LogP contribution < -0.4 is 5.32 Å². The van der Waals surface area contributed by atoms with Crippen molar-refractivity contribution in [2.45, 2.75) is 52.6 Å². The van der Waals surface area contributed by atoms with Crippen LogP contribution in [-0.2, 0) is 9.59 Å². The molecule has 1 rings (SSSR count). The third-order valence-corrected chi connectivity index (χ3v) is 4.22. The highest BCUT2D eigenvalue weighted by atomic mass is 35.5. The fraction of sp³-hybridized carbons (Fsp3) is 0.714. The van der Waals surface area contributed by atoms with Gasteiger partial charge in [-0.05, 0) is 31.8 Å². The minimum Gasteiger partial charge on any atom is -0.342 e. The average molecular weight is 287 g/mol. The number of hydrogen-bond donors (Lipinski definition) is 1. The summed E-state index contributed by atoms with van der Waals surface area (Å²) in [6.45, 7) is 9.82. The van der Waals surface area contributed by atoms with Crippen molar-refractivity contribution in [1.29, 1.82) is 0 Å². The van der Waals surface area contributed by atoms with Crippen molar-refractivity contribution >= 4 is 23.4 Å². The Morgan fingerprint density at radius 1 is 1.53 bits per heavy atom. The van der Waals surface area contributed by atoms with Crippen LogP contribution in [0.4, 0.5) is 0 Å². The number of nitrogens with zero attached hydrogens (tertiary/aromatic N) is 1. The molecule has 1 aliphatic heterocycles. The molecule has 4 nitrogen and oxygen atoms in total. The number of carbonyl (C=O) groups excluding carboxylic acids is 2. The van der Waals surface area contributed by atoms with Crippen molar-refractivity contribution in [2.24, 2.45) is 5.92 Å². The molecule has 1 fully saturated rings. The summed E-state index contributed by atoms with van der Waals surface area (Å²) in [6.07, 6.45) is 0.574. The molecule has 1 aliphatic rings. The van der Waals surface area contributed by atoms with Crippen LogP contribution in [0.5, 0.6) is 0 Å². The zero-order chi connectivity index (χ0) is 14.8. The van der Waals surface area contributed by atoms with Gasteiger partial charge in [0.25, 0.3) is 0 Å². The first-order valence-electron chi connectivity index (χ1n) is 6.66. The lowest BCUT2D eigenvalue weighted by Crippen LogP contribution is -2.70. The number of piperazine rings is 1. The van der Waals surface area contributed by atoms with E-state index in [0.29, 0.717) is 13.0 Å². The standard InChI is InChI=1S/C14H23ClN2O2/c1-6-14(5)13(19)16-11(9(2)3)12(18)17(14)8-10(4)7-15/h7,9,11H,6,8H2,1-5H3,(H,16,19). The molecule has 19 heavy (non-hydrogen) atoms. The number of hydrogen-bond acceptors (Lipinski definition) is 2. The lowest BCUT2D eigenvalue weighted by Gasteiger charge is -2.47. The molecule has 0 saturated carbocycles. The molecule has 0 aromatic carbocycles. The molecule has 5 heteroatoms. The van der Waals surface area contributed by atoms with Gasteiger partial charge in [0.15, 0.2) is 0 Å². The lowest BCUT2D eigenvalue weighted by atomic mass is 9.87. The van der Waals surface area contributed by atoms with Crippen molar-refractivity contribution < 1.29 is 9.59 Å². The van der Waals surface area contributed by atoms with Crippen molar-refractivity contribution in [2.75, 3.05) is 6.54 Å². The van der Waals surface area contributed by atoms with Gasteiger partial charge in [-0.1, -0.05) is 32.4 Å². The quantitative estimate of drug-likeness (QED) is 0.862. The average Bonchev–Trinajstić information content (AvgIpc) is 2.38. The second-order valence-corrected chi connectivity index (χ2v) is 5.92. The van der Waals surface area contributed by atoms with E-state index in [4.69, 9.17) is 11.6 Å². The van der Waals surface area contributed by atoms with Gasteiger partial charge in [-0.15, -0.1) is 0 Å². The largest absolute Gasteiger partial charge is 0.342 e. The van der Waals surface area contributed by atoms with Crippen LogP contribution in [0.25, 0.3) is 0 Å². The van der Waals surface area contributed by atoms with Gasteiger partial charge in [0.1, 0.15) is 11.6 Å². The Morgan fingerprint density at radius 2 is 2.11 bits per heavy atom. The number of amides is 2. The minimum absolute atomic E-state index is 0.0307. The molecule has 1 saturated heterocycles. The zero-order valence-electron chi connectivity index (χ0n) is 12.3. The van der Waals surface area contributed by atoms with E-state index in [1.165, 1.54) is 5.54 Å². The third kappa shape index (κ3) is 2.94. The Bertz CT molecular complexity index is 406. The predicted octanol–water partition coefficient (Wildman–Crippen LogP) is 2.28. The number of halogens is 1. The Kier molecular flexibility index (Phi) is 5.02. The fourth-order valence-corrected chi connectivity index (χ4v) is 2.30. The number of carbonyl (C=O) groups is 2. The van der Waals surface area contributed by atoms with Gasteiger partial charge in [-0.3, -0.25) is 9.59 Å². The lowest BCUT2D eigenvalue weighted by molar-refractivity contribution is -0.157. The summed E-state index contributed by atoms with van der Waals surface area (Å²) in [7, 11) is 0. The fourth-order valence-electron chi connectivity index (χ4n) is 2.23. The van der Waals surface area contributed by atoms with Gasteiger partial charge < -0.3 is 10.2 Å². The summed E-state index contributed by atoms with van der Waals surface area (Å²) in [6, 6.07) is -0.449. The van der Waals surface area contributed by atoms with Crippen LogP contribution in [-0.4, -0.2) is 34.8 Å². The van der Waals surface area contributed by atoms with Crippen LogP contribution in [0.2, 0.25) is 0 Å². The first-order valence-corrected chi connectivity index (χ1v) is 7.09. The van der Waals surface area contributed by atoms with E-state index in [1.54, 1.807) is 11.8 Å². The third-order valence-electron chi connectivity index (χ3n) is 3.85. The Hall–Kier alpha value is -1.03. The van der Waals surface area contributed by atoms with E-state index < -0.39 is 11.6 Å². The molecule has 108 valence electrons. The first kappa shape index (κ1) is 16.0. The molecule has 2 unspecified atom stereocenters. The van der Waals surface area contributed by atoms with Crippen molar-refractivity contribution in [3.63, 3.8) is 0 Å². The Morgan fingerprint density at radius 3 is 2.53 bits per heavy atom. The Balaban J connectivity index is 3.14. The van der Waals surface area contributed by atoms with Crippen LogP contribution in [0.1, 0.15) is 41.0 Å². The summed E-state index contributed by atoms with van der Waals surface area (Å²) in [5.74, 6) is -0.0480. The summed E-state index contributed by atoms with van der Waals surface area (Å²) >= 11 is 5.69. The second kappa shape index (κ2) is 5.95. The molecule has 0 aromatic rings. The highest BCUT2D eigenvalue weighted by molar-refractivity contribution is 6.25. The van der Waals surface area contributed by atoms with Crippen LogP contribution in [0.3, 0.4) is 0 Å². The molecular formula is C14H23ClN2O2. The molecule has 2 amide bonds. The van der Waals surface area contributed by atoms with Gasteiger partial charge >= 0.3 is 0 Å². The topological polar surface area (TPSA) is 49.4 Å². The normalized spacial score (nSPS) is 28.9. The van der Waals surface area contributed by atoms with Crippen molar-refractivity contribution in [1.82, 2.24) is 10.2 Å². The minimum atomic E-state index is -0.802. The van der Waals surface area contributed by atoms with Gasteiger partial charge in [0, 0.05) is 12.1 Å². The van der Waals surface area contributed by atoms with E-state index in [2.05, 4.69) is 5.32 Å². The predicted molar refractivity (Wildman–Crippen MR) is 76.8 cm³/mol. The first-order chi connectivity index (χ1) is 8.77. The van der Waals surface area contributed by atoms with E-state index in [-0.39, 0.29) is 17.7 Å². The van der Waals surface area contributed by atoms with Crippen molar-refractivity contribution in [3.05, 3.63) is 11.1 Å². The monoisotopic (exact) mass is 286 g/mol. The van der Waals surface area contributed by atoms with E-state index in [1.807, 2.05) is 27.7 Å². The molecule has 0 radical (unpaired) electrons. The molecule has 0 aromatic heterocycles. The SMILES string of the molecule is CCC1(C)C(=O)NC(C(C)C)C(=O)N1CC(C)=CCl. The Labute approximate surface area is 120 Å². The van der Waals surface area contributed by atoms with Gasteiger partial charge in [-0.25, -0.2) is 0 Å². The summed E-state index contributed by atoms with van der Waals surface area (Å²) < 4.78 is 0. The summed E-state index contributed by atoms with van der Waals surface area (Å²) in [5, 5.41) is 2.85. The number of rotatable bonds is 4. The van der Waals surface area contributed by atoms with E-state index in [9.17, 15) is 9.59 Å². The highest BCUT2D eigenvalue weighted by Crippen LogP contribution is 2.28. The number of nitrogens with one attached hydrogen (secondary N) is 1. The molecule has 2 atom stereocenters. The van der Waals surface area contributed by atoms with Gasteiger partial charge in [-0.2, -0.15) is 0 Å². The molecule has 1 heterocycles. The van der Waals surface area contributed by atoms with Crippen LogP contribution in [0.15, 0.2) is 11.1 Å². The van der Waals surface area contributed by atoms with Gasteiger partial charge in [0.2, 0.25) is 11.8 Å². The van der Waals surface area contributed by atoms with Crippen LogP contribution >= 0.6 is 11.6 Å². The molecule has 0 spiro atoms. The maximum atomic E-state index is 12.6. The molecule has 0 aliphatic carbocycles. The maximum Gasteiger partial charge on any atom is 0.246 e.